The number of aromatic nitrogens is 1. The van der Waals surface area contributed by atoms with E-state index in [9.17, 15) is 22.0 Å². The fraction of sp³-hybridized carbons (Fsp3) is 0.435. The van der Waals surface area contributed by atoms with Crippen LogP contribution in [0.4, 0.5) is 20.3 Å². The smallest absolute Gasteiger partial charge is 0.387 e. The monoisotopic (exact) mass is 508 g/mol. The van der Waals surface area contributed by atoms with E-state index in [2.05, 4.69) is 20.4 Å². The lowest BCUT2D eigenvalue weighted by molar-refractivity contribution is -0.0498. The number of hydrogen-bond acceptors (Lipinski definition) is 8. The molecule has 1 amide bonds. The average Bonchev–Trinajstić information content (AvgIpc) is 2.77. The van der Waals surface area contributed by atoms with Gasteiger partial charge in [-0.05, 0) is 38.0 Å². The third-order valence-corrected chi connectivity index (χ3v) is 8.04. The second-order valence-corrected chi connectivity index (χ2v) is 11.1. The Hall–Kier alpha value is -3.12. The number of anilines is 2. The highest BCUT2D eigenvalue weighted by molar-refractivity contribution is 7.93. The van der Waals surface area contributed by atoms with E-state index in [-0.39, 0.29) is 40.3 Å². The number of nitrogens with zero attached hydrogens (tertiary/aromatic N) is 1. The lowest BCUT2D eigenvalue weighted by atomic mass is 9.89. The standard InChI is InChI=1S/C23H26F2N4O5S/c1-23(12-35(31,32)13-23)29-21(30)15-9-18(19(26)14-5-7-33-8-6-14)20(27-11-15)28-16-3-2-4-17(10-16)34-22(24)25/h2-4,9-11,14,22,26H,5-8,12-13H2,1H3,(H,27,28)(H,29,30). The van der Waals surface area contributed by atoms with Gasteiger partial charge in [-0.25, -0.2) is 13.4 Å². The Bertz CT molecular complexity index is 1220. The maximum Gasteiger partial charge on any atom is 0.387 e. The summed E-state index contributed by atoms with van der Waals surface area (Å²) in [7, 11) is -3.15. The number of alkyl halides is 2. The third kappa shape index (κ3) is 6.12. The first-order valence-corrected chi connectivity index (χ1v) is 12.9. The topological polar surface area (TPSA) is 130 Å². The molecule has 0 saturated carbocycles. The molecule has 0 atom stereocenters. The van der Waals surface area contributed by atoms with Crippen LogP contribution in [-0.4, -0.2) is 61.9 Å². The van der Waals surface area contributed by atoms with E-state index in [0.717, 1.165) is 0 Å². The first-order valence-electron chi connectivity index (χ1n) is 11.0. The van der Waals surface area contributed by atoms with E-state index < -0.39 is 27.9 Å². The molecule has 9 nitrogen and oxygen atoms in total. The molecule has 0 radical (unpaired) electrons. The van der Waals surface area contributed by atoms with Crippen LogP contribution in [0.15, 0.2) is 36.5 Å². The molecule has 4 rings (SSSR count). The summed E-state index contributed by atoms with van der Waals surface area (Å²) in [5.74, 6) is -0.626. The molecular formula is C23H26F2N4O5S. The Morgan fingerprint density at radius 3 is 2.63 bits per heavy atom. The zero-order valence-electron chi connectivity index (χ0n) is 19.0. The van der Waals surface area contributed by atoms with E-state index >= 15 is 0 Å². The Morgan fingerprint density at radius 1 is 1.26 bits per heavy atom. The lowest BCUT2D eigenvalue weighted by Crippen LogP contribution is -2.63. The van der Waals surface area contributed by atoms with Gasteiger partial charge in [0.25, 0.3) is 5.91 Å². The van der Waals surface area contributed by atoms with Gasteiger partial charge in [-0.1, -0.05) is 6.07 Å². The summed E-state index contributed by atoms with van der Waals surface area (Å²) in [6.07, 6.45) is 2.61. The van der Waals surface area contributed by atoms with Crippen LogP contribution in [0, 0.1) is 11.3 Å². The van der Waals surface area contributed by atoms with Gasteiger partial charge in [-0.2, -0.15) is 8.78 Å². The van der Waals surface area contributed by atoms with Crippen LogP contribution >= 0.6 is 0 Å². The van der Waals surface area contributed by atoms with Crippen molar-refractivity contribution in [3.8, 4) is 5.75 Å². The molecule has 2 aliphatic rings. The van der Waals surface area contributed by atoms with Crippen LogP contribution in [0.25, 0.3) is 0 Å². The Balaban J connectivity index is 1.61. The zero-order valence-corrected chi connectivity index (χ0v) is 19.8. The molecule has 1 aromatic carbocycles. The van der Waals surface area contributed by atoms with Crippen molar-refractivity contribution in [3.05, 3.63) is 47.7 Å². The molecule has 3 heterocycles. The van der Waals surface area contributed by atoms with E-state index in [1.165, 1.54) is 18.3 Å². The van der Waals surface area contributed by atoms with Crippen LogP contribution in [0.5, 0.6) is 5.75 Å². The maximum atomic E-state index is 12.9. The number of hydrogen-bond donors (Lipinski definition) is 3. The van der Waals surface area contributed by atoms with E-state index in [4.69, 9.17) is 10.1 Å². The first kappa shape index (κ1) is 25.0. The molecule has 2 fully saturated rings. The van der Waals surface area contributed by atoms with Crippen LogP contribution in [-0.2, 0) is 14.6 Å². The Labute approximate surface area is 201 Å². The van der Waals surface area contributed by atoms with E-state index in [0.29, 0.717) is 37.3 Å². The van der Waals surface area contributed by atoms with Gasteiger partial charge < -0.3 is 25.5 Å². The van der Waals surface area contributed by atoms with Crippen molar-refractivity contribution in [2.45, 2.75) is 31.9 Å². The summed E-state index contributed by atoms with van der Waals surface area (Å²) < 4.78 is 58.2. The molecule has 3 N–H and O–H groups in total. The number of sulfone groups is 1. The largest absolute Gasteiger partial charge is 0.435 e. The van der Waals surface area contributed by atoms with Gasteiger partial charge in [-0.15, -0.1) is 0 Å². The van der Waals surface area contributed by atoms with Gasteiger partial charge in [0, 0.05) is 48.4 Å². The van der Waals surface area contributed by atoms with Crippen molar-refractivity contribution in [3.63, 3.8) is 0 Å². The Kier molecular flexibility index (Phi) is 7.04. The summed E-state index contributed by atoms with van der Waals surface area (Å²) in [5, 5.41) is 14.6. The van der Waals surface area contributed by atoms with Gasteiger partial charge in [0.1, 0.15) is 11.6 Å². The number of nitrogens with one attached hydrogen (secondary N) is 3. The van der Waals surface area contributed by atoms with Gasteiger partial charge in [0.05, 0.1) is 22.6 Å². The van der Waals surface area contributed by atoms with Crippen molar-refractivity contribution in [1.29, 1.82) is 5.41 Å². The summed E-state index contributed by atoms with van der Waals surface area (Å²) in [6, 6.07) is 7.50. The minimum atomic E-state index is -3.15. The summed E-state index contributed by atoms with van der Waals surface area (Å²) in [6.45, 7) is -0.271. The lowest BCUT2D eigenvalue weighted by Gasteiger charge is -2.38. The number of pyridine rings is 1. The second kappa shape index (κ2) is 9.86. The fourth-order valence-electron chi connectivity index (χ4n) is 4.33. The van der Waals surface area contributed by atoms with E-state index in [1.54, 1.807) is 25.1 Å². The molecule has 188 valence electrons. The van der Waals surface area contributed by atoms with Crippen molar-refractivity contribution >= 4 is 33.0 Å². The van der Waals surface area contributed by atoms with Crippen LogP contribution in [0.2, 0.25) is 0 Å². The minimum Gasteiger partial charge on any atom is -0.435 e. The zero-order chi connectivity index (χ0) is 25.2. The SMILES string of the molecule is CC1(NC(=O)c2cnc(Nc3cccc(OC(F)F)c3)c(C(=N)C3CCOCC3)c2)CS(=O)(=O)C1. The van der Waals surface area contributed by atoms with Crippen molar-refractivity contribution in [2.75, 3.05) is 30.0 Å². The normalized spacial score (nSPS) is 19.0. The number of halogens is 2. The van der Waals surface area contributed by atoms with Gasteiger partial charge in [-0.3, -0.25) is 4.79 Å². The molecule has 0 unspecified atom stereocenters. The second-order valence-electron chi connectivity index (χ2n) is 9.00. The molecule has 2 aliphatic heterocycles. The number of benzene rings is 1. The number of rotatable bonds is 8. The highest BCUT2D eigenvalue weighted by Crippen LogP contribution is 2.29. The van der Waals surface area contributed by atoms with Gasteiger partial charge in [0.15, 0.2) is 9.84 Å². The summed E-state index contributed by atoms with van der Waals surface area (Å²) in [4.78, 5) is 17.2. The molecule has 2 aromatic rings. The number of carbonyl (C=O) groups is 1. The average molecular weight is 509 g/mol. The number of carbonyl (C=O) groups excluding carboxylic acids is 1. The van der Waals surface area contributed by atoms with Crippen molar-refractivity contribution in [2.24, 2.45) is 5.92 Å². The molecule has 12 heteroatoms. The third-order valence-electron chi connectivity index (χ3n) is 5.88. The molecule has 0 spiro atoms. The quantitative estimate of drug-likeness (QED) is 0.467. The highest BCUT2D eigenvalue weighted by Gasteiger charge is 2.45. The highest BCUT2D eigenvalue weighted by atomic mass is 32.2. The van der Waals surface area contributed by atoms with Crippen LogP contribution in [0.1, 0.15) is 35.7 Å². The number of amides is 1. The molecule has 0 bridgehead atoms. The molecule has 0 aliphatic carbocycles. The maximum absolute atomic E-state index is 12.9. The number of ether oxygens (including phenoxy) is 2. The molecule has 2 saturated heterocycles. The fourth-order valence-corrected chi connectivity index (χ4v) is 6.33. The van der Waals surface area contributed by atoms with Crippen molar-refractivity contribution in [1.82, 2.24) is 10.3 Å². The van der Waals surface area contributed by atoms with Crippen LogP contribution < -0.4 is 15.4 Å². The first-order chi connectivity index (χ1) is 16.5. The van der Waals surface area contributed by atoms with Crippen molar-refractivity contribution < 1.29 is 31.5 Å². The van der Waals surface area contributed by atoms with Gasteiger partial charge in [0.2, 0.25) is 0 Å². The van der Waals surface area contributed by atoms with Gasteiger partial charge >= 0.3 is 6.61 Å². The van der Waals surface area contributed by atoms with Crippen LogP contribution in [0.3, 0.4) is 0 Å². The molecule has 1 aromatic heterocycles. The minimum absolute atomic E-state index is 0.0363. The predicted molar refractivity (Wildman–Crippen MR) is 125 cm³/mol. The summed E-state index contributed by atoms with van der Waals surface area (Å²) in [5.41, 5.74) is 0.405. The molecular weight excluding hydrogens is 482 g/mol. The summed E-state index contributed by atoms with van der Waals surface area (Å²) >= 11 is 0. The molecule has 35 heavy (non-hydrogen) atoms. The predicted octanol–water partition coefficient (Wildman–Crippen LogP) is 3.14. The van der Waals surface area contributed by atoms with E-state index in [1.807, 2.05) is 0 Å². The Morgan fingerprint density at radius 2 is 1.97 bits per heavy atom.